The van der Waals surface area contributed by atoms with E-state index >= 15 is 0 Å². The van der Waals surface area contributed by atoms with Gasteiger partial charge in [0.25, 0.3) is 0 Å². The van der Waals surface area contributed by atoms with Gasteiger partial charge in [0.1, 0.15) is 5.75 Å². The van der Waals surface area contributed by atoms with E-state index in [1.165, 1.54) is 6.20 Å². The minimum atomic E-state index is -1.50. The molecule has 0 saturated carbocycles. The first-order chi connectivity index (χ1) is 7.13. The van der Waals surface area contributed by atoms with Crippen LogP contribution in [0, 0.1) is 0 Å². The van der Waals surface area contributed by atoms with Crippen LogP contribution in [0.25, 0.3) is 0 Å². The molecule has 0 radical (unpaired) electrons. The molecule has 0 bridgehead atoms. The first kappa shape index (κ1) is 12.0. The van der Waals surface area contributed by atoms with Gasteiger partial charge in [0.2, 0.25) is 0 Å². The zero-order valence-electron chi connectivity index (χ0n) is 9.05. The summed E-state index contributed by atoms with van der Waals surface area (Å²) in [5, 5.41) is 17.9. The van der Waals surface area contributed by atoms with Gasteiger partial charge in [-0.1, -0.05) is 13.3 Å². The Kier molecular flexibility index (Phi) is 4.58. The van der Waals surface area contributed by atoms with Gasteiger partial charge in [0, 0.05) is 11.7 Å². The zero-order valence-corrected chi connectivity index (χ0v) is 9.05. The van der Waals surface area contributed by atoms with E-state index in [-0.39, 0.29) is 6.10 Å². The van der Waals surface area contributed by atoms with Crippen LogP contribution < -0.4 is 10.2 Å². The molecule has 1 heterocycles. The summed E-state index contributed by atoms with van der Waals surface area (Å²) in [5.41, 5.74) is 0.344. The summed E-state index contributed by atoms with van der Waals surface area (Å²) in [6.07, 6.45) is 5.10. The molecular formula is C10H16BNO3. The van der Waals surface area contributed by atoms with Gasteiger partial charge in [-0.2, -0.15) is 0 Å². The second-order valence-electron chi connectivity index (χ2n) is 3.54. The lowest BCUT2D eigenvalue weighted by molar-refractivity contribution is 0.209. The topological polar surface area (TPSA) is 62.6 Å². The number of ether oxygens (including phenoxy) is 1. The highest BCUT2D eigenvalue weighted by Crippen LogP contribution is 2.10. The van der Waals surface area contributed by atoms with Crippen LogP contribution in [0.5, 0.6) is 5.75 Å². The molecule has 0 amide bonds. The average Bonchev–Trinajstić information content (AvgIpc) is 2.18. The van der Waals surface area contributed by atoms with Crippen molar-refractivity contribution in [2.75, 3.05) is 0 Å². The Labute approximate surface area is 90.1 Å². The number of pyridine rings is 1. The van der Waals surface area contributed by atoms with E-state index in [0.29, 0.717) is 11.2 Å². The van der Waals surface area contributed by atoms with Gasteiger partial charge in [-0.15, -0.1) is 0 Å². The summed E-state index contributed by atoms with van der Waals surface area (Å²) < 4.78 is 5.56. The molecule has 0 spiro atoms. The van der Waals surface area contributed by atoms with Gasteiger partial charge < -0.3 is 14.8 Å². The van der Waals surface area contributed by atoms with Crippen molar-refractivity contribution in [1.29, 1.82) is 0 Å². The van der Waals surface area contributed by atoms with Crippen molar-refractivity contribution >= 4 is 12.6 Å². The van der Waals surface area contributed by atoms with E-state index in [1.807, 2.05) is 6.92 Å². The number of hydrogen-bond acceptors (Lipinski definition) is 4. The van der Waals surface area contributed by atoms with Gasteiger partial charge in [0.05, 0.1) is 12.3 Å². The predicted molar refractivity (Wildman–Crippen MR) is 59.1 cm³/mol. The van der Waals surface area contributed by atoms with Gasteiger partial charge in [-0.25, -0.2) is 0 Å². The van der Waals surface area contributed by atoms with Gasteiger partial charge >= 0.3 is 7.12 Å². The molecule has 5 heteroatoms. The van der Waals surface area contributed by atoms with E-state index < -0.39 is 7.12 Å². The molecule has 0 fully saturated rings. The first-order valence-corrected chi connectivity index (χ1v) is 5.11. The molecule has 0 aliphatic heterocycles. The fourth-order valence-corrected chi connectivity index (χ4v) is 1.34. The summed E-state index contributed by atoms with van der Waals surface area (Å²) in [5.74, 6) is 0.571. The molecule has 0 saturated heterocycles. The lowest BCUT2D eigenvalue weighted by Crippen LogP contribution is -2.30. The SMILES string of the molecule is CCCC(C)Oc1cncc(B(O)O)c1. The van der Waals surface area contributed by atoms with Crippen molar-refractivity contribution in [3.63, 3.8) is 0 Å². The quantitative estimate of drug-likeness (QED) is 0.686. The van der Waals surface area contributed by atoms with Crippen molar-refractivity contribution in [3.05, 3.63) is 18.5 Å². The molecule has 15 heavy (non-hydrogen) atoms. The van der Waals surface area contributed by atoms with Crippen LogP contribution in [0.15, 0.2) is 18.5 Å². The Hall–Kier alpha value is -1.07. The maximum atomic E-state index is 8.95. The third-order valence-corrected chi connectivity index (χ3v) is 2.06. The smallest absolute Gasteiger partial charge is 0.489 e. The summed E-state index contributed by atoms with van der Waals surface area (Å²) in [7, 11) is -1.50. The zero-order chi connectivity index (χ0) is 11.3. The fourth-order valence-electron chi connectivity index (χ4n) is 1.34. The van der Waals surface area contributed by atoms with Crippen LogP contribution in [0.1, 0.15) is 26.7 Å². The molecule has 4 nitrogen and oxygen atoms in total. The van der Waals surface area contributed by atoms with E-state index in [0.717, 1.165) is 12.8 Å². The maximum Gasteiger partial charge on any atom is 0.490 e. The fraction of sp³-hybridized carbons (Fsp3) is 0.500. The molecule has 1 atom stereocenters. The van der Waals surface area contributed by atoms with E-state index in [1.54, 1.807) is 12.3 Å². The number of nitrogens with zero attached hydrogens (tertiary/aromatic N) is 1. The third-order valence-electron chi connectivity index (χ3n) is 2.06. The van der Waals surface area contributed by atoms with Crippen molar-refractivity contribution in [2.45, 2.75) is 32.8 Å². The lowest BCUT2D eigenvalue weighted by Gasteiger charge is -2.13. The van der Waals surface area contributed by atoms with Crippen LogP contribution >= 0.6 is 0 Å². The largest absolute Gasteiger partial charge is 0.490 e. The van der Waals surface area contributed by atoms with E-state index in [9.17, 15) is 0 Å². The summed E-state index contributed by atoms with van der Waals surface area (Å²) in [4.78, 5) is 3.87. The highest BCUT2D eigenvalue weighted by molar-refractivity contribution is 6.58. The standard InChI is InChI=1S/C10H16BNO3/c1-3-4-8(2)15-10-5-9(11(13)14)6-12-7-10/h5-8,13-14H,3-4H2,1-2H3. The molecule has 82 valence electrons. The Morgan fingerprint density at radius 2 is 2.20 bits per heavy atom. The van der Waals surface area contributed by atoms with Gasteiger partial charge in [0.15, 0.2) is 0 Å². The first-order valence-electron chi connectivity index (χ1n) is 5.11. The summed E-state index contributed by atoms with van der Waals surface area (Å²) in [6.45, 7) is 4.07. The highest BCUT2D eigenvalue weighted by Gasteiger charge is 2.12. The van der Waals surface area contributed by atoms with E-state index in [2.05, 4.69) is 11.9 Å². The number of aromatic nitrogens is 1. The number of hydrogen-bond donors (Lipinski definition) is 2. The average molecular weight is 209 g/mol. The maximum absolute atomic E-state index is 8.95. The van der Waals surface area contributed by atoms with Crippen molar-refractivity contribution < 1.29 is 14.8 Å². The van der Waals surface area contributed by atoms with Crippen LogP contribution in [-0.4, -0.2) is 28.3 Å². The Morgan fingerprint density at radius 3 is 2.80 bits per heavy atom. The predicted octanol–water partition coefficient (Wildman–Crippen LogP) is 0.329. The van der Waals surface area contributed by atoms with Crippen LogP contribution in [0.2, 0.25) is 0 Å². The number of rotatable bonds is 5. The monoisotopic (exact) mass is 209 g/mol. The molecule has 0 aliphatic rings. The third kappa shape index (κ3) is 3.89. The molecule has 1 rings (SSSR count). The van der Waals surface area contributed by atoms with Crippen LogP contribution in [-0.2, 0) is 0 Å². The molecule has 1 unspecified atom stereocenters. The second-order valence-corrected chi connectivity index (χ2v) is 3.54. The second kappa shape index (κ2) is 5.73. The normalized spacial score (nSPS) is 12.3. The Balaban J connectivity index is 2.65. The Morgan fingerprint density at radius 1 is 1.47 bits per heavy atom. The molecular weight excluding hydrogens is 193 g/mol. The summed E-state index contributed by atoms with van der Waals surface area (Å²) in [6, 6.07) is 1.59. The minimum absolute atomic E-state index is 0.114. The van der Waals surface area contributed by atoms with Gasteiger partial charge in [-0.05, 0) is 19.4 Å². The minimum Gasteiger partial charge on any atom is -0.489 e. The lowest BCUT2D eigenvalue weighted by atomic mass is 9.82. The molecule has 0 aromatic carbocycles. The molecule has 2 N–H and O–H groups in total. The molecule has 1 aromatic heterocycles. The van der Waals surface area contributed by atoms with E-state index in [4.69, 9.17) is 14.8 Å². The van der Waals surface area contributed by atoms with Crippen molar-refractivity contribution in [2.24, 2.45) is 0 Å². The highest BCUT2D eigenvalue weighted by atomic mass is 16.5. The molecule has 0 aliphatic carbocycles. The van der Waals surface area contributed by atoms with Crippen LogP contribution in [0.4, 0.5) is 0 Å². The van der Waals surface area contributed by atoms with Crippen LogP contribution in [0.3, 0.4) is 0 Å². The summed E-state index contributed by atoms with van der Waals surface area (Å²) >= 11 is 0. The Bertz CT molecular complexity index is 306. The van der Waals surface area contributed by atoms with Crippen molar-refractivity contribution in [3.8, 4) is 5.75 Å². The molecule has 1 aromatic rings. The van der Waals surface area contributed by atoms with Crippen molar-refractivity contribution in [1.82, 2.24) is 4.98 Å². The van der Waals surface area contributed by atoms with Gasteiger partial charge in [-0.3, -0.25) is 4.98 Å².